The number of esters is 1. The van der Waals surface area contributed by atoms with Crippen molar-refractivity contribution < 1.29 is 58.2 Å². The van der Waals surface area contributed by atoms with Crippen LogP contribution < -0.4 is 0 Å². The van der Waals surface area contributed by atoms with Crippen molar-refractivity contribution >= 4 is 23.4 Å². The molecular weight excluding hydrogens is 734 g/mol. The van der Waals surface area contributed by atoms with Crippen molar-refractivity contribution in [3.63, 3.8) is 0 Å². The number of piperidine rings is 1. The molecule has 57 heavy (non-hydrogen) atoms. The van der Waals surface area contributed by atoms with E-state index in [2.05, 4.69) is 6.58 Å². The van der Waals surface area contributed by atoms with Gasteiger partial charge >= 0.3 is 5.97 Å². The number of aliphatic hydroxyl groups is 3. The molecule has 0 aromatic carbocycles. The van der Waals surface area contributed by atoms with Gasteiger partial charge in [0.05, 0.1) is 30.5 Å². The van der Waals surface area contributed by atoms with Gasteiger partial charge in [0.25, 0.3) is 11.7 Å². The lowest BCUT2D eigenvalue weighted by Gasteiger charge is -2.47. The summed E-state index contributed by atoms with van der Waals surface area (Å²) in [6, 6.07) is -1.14. The Kier molecular flexibility index (Phi) is 17.2. The number of ketones is 2. The van der Waals surface area contributed by atoms with Crippen molar-refractivity contribution in [2.75, 3.05) is 27.9 Å². The highest BCUT2D eigenvalue weighted by atomic mass is 16.7. The van der Waals surface area contributed by atoms with Crippen LogP contribution >= 0.6 is 0 Å². The molecule has 322 valence electrons. The summed E-state index contributed by atoms with van der Waals surface area (Å²) < 4.78 is 29.7. The molecular formula is C44H69NO12. The minimum absolute atomic E-state index is 0.00988. The van der Waals surface area contributed by atoms with Crippen molar-refractivity contribution in [2.45, 2.75) is 160 Å². The van der Waals surface area contributed by atoms with E-state index in [1.54, 1.807) is 27.0 Å². The third-order valence-corrected chi connectivity index (χ3v) is 12.9. The van der Waals surface area contributed by atoms with Crippen LogP contribution in [0.2, 0.25) is 0 Å². The van der Waals surface area contributed by atoms with Crippen molar-refractivity contribution in [1.29, 1.82) is 0 Å². The molecule has 1 amide bonds. The molecule has 3 heterocycles. The maximum absolute atomic E-state index is 14.3. The molecule has 0 aromatic heterocycles. The molecule has 0 aromatic rings. The van der Waals surface area contributed by atoms with E-state index in [9.17, 15) is 34.5 Å². The highest BCUT2D eigenvalue weighted by Gasteiger charge is 2.56. The normalized spacial score (nSPS) is 40.1. The lowest BCUT2D eigenvalue weighted by molar-refractivity contribution is -0.302. The highest BCUT2D eigenvalue weighted by Crippen LogP contribution is 2.39. The number of carbonyl (C=O) groups is 4. The van der Waals surface area contributed by atoms with Crippen LogP contribution in [0, 0.1) is 29.6 Å². The van der Waals surface area contributed by atoms with E-state index < -0.39 is 83.9 Å². The Hall–Kier alpha value is -2.78. The van der Waals surface area contributed by atoms with Gasteiger partial charge in [-0.1, -0.05) is 44.6 Å². The SMILES string of the molecule is C=CC[C@@H]1C=C(C)C[C@H](C)C[C@H](OC)[C@H]2O[C@](O)(C(=O)C(=O)N3CCCC[C@H]3C(=O)O[C@H](C(C)=C[C@@H]3CC[C@@H](O)[C@H](OC)C3)[C@H](C)[C@@H](O)CC1=O)[C@H](C)C[C@@H]2OC. The van der Waals surface area contributed by atoms with Crippen molar-refractivity contribution in [2.24, 2.45) is 29.6 Å². The van der Waals surface area contributed by atoms with Crippen LogP contribution in [-0.2, 0) is 42.9 Å². The lowest BCUT2D eigenvalue weighted by Crippen LogP contribution is -2.64. The monoisotopic (exact) mass is 803 g/mol. The van der Waals surface area contributed by atoms with Gasteiger partial charge in [0.15, 0.2) is 0 Å². The van der Waals surface area contributed by atoms with E-state index in [-0.39, 0.29) is 49.5 Å². The minimum Gasteiger partial charge on any atom is -0.456 e. The summed E-state index contributed by atoms with van der Waals surface area (Å²) >= 11 is 0. The lowest BCUT2D eigenvalue weighted by atomic mass is 9.81. The molecule has 3 fully saturated rings. The van der Waals surface area contributed by atoms with Crippen LogP contribution in [0.5, 0.6) is 0 Å². The first-order valence-electron chi connectivity index (χ1n) is 20.9. The number of methoxy groups -OCH3 is 3. The number of fused-ring (bicyclic) bond motifs is 3. The summed E-state index contributed by atoms with van der Waals surface area (Å²) in [5, 5.41) is 34.1. The molecule has 0 radical (unpaired) electrons. The number of carbonyl (C=O) groups excluding carboxylic acids is 4. The fourth-order valence-electron chi connectivity index (χ4n) is 9.42. The van der Waals surface area contributed by atoms with Crippen LogP contribution in [0.1, 0.15) is 105 Å². The largest absolute Gasteiger partial charge is 0.456 e. The van der Waals surface area contributed by atoms with Gasteiger partial charge in [0.1, 0.15) is 24.0 Å². The Bertz CT molecular complexity index is 1480. The maximum atomic E-state index is 14.3. The molecule has 3 N–H and O–H groups in total. The van der Waals surface area contributed by atoms with E-state index in [1.807, 2.05) is 32.9 Å². The average Bonchev–Trinajstić information content (AvgIpc) is 3.18. The molecule has 1 saturated carbocycles. The zero-order valence-corrected chi connectivity index (χ0v) is 35.4. The van der Waals surface area contributed by atoms with Gasteiger partial charge in [-0.25, -0.2) is 4.79 Å². The number of ether oxygens (including phenoxy) is 5. The van der Waals surface area contributed by atoms with Gasteiger partial charge in [0.2, 0.25) is 5.79 Å². The fourth-order valence-corrected chi connectivity index (χ4v) is 9.42. The van der Waals surface area contributed by atoms with E-state index in [0.717, 1.165) is 5.57 Å². The molecule has 1 aliphatic carbocycles. The molecule has 0 spiro atoms. The van der Waals surface area contributed by atoms with Crippen molar-refractivity contribution in [3.8, 4) is 0 Å². The van der Waals surface area contributed by atoms with Gasteiger partial charge in [-0.05, 0) is 95.5 Å². The number of allylic oxidation sites excluding steroid dienone is 4. The second kappa shape index (κ2) is 21.0. The zero-order chi connectivity index (χ0) is 42.2. The standard InChI is InChI=1S/C44H69NO12/c1-10-13-31-19-25(2)18-26(3)20-37(54-8)40-38(55-9)22-28(5)44(52,57-40)41(49)42(50)45-17-12-11-14-32(45)43(51)56-39(29(6)34(47)24-35(31)48)27(4)21-30-15-16-33(46)36(23-30)53-7/h10,19,21,26,28-34,36-40,46-47,52H,1,11-18,20,22-24H2,2-9H3/t26-,28+,29+,30-,31+,32-,33+,34-,36+,37-,38-,39+,40+,44-/m0/s1. The van der Waals surface area contributed by atoms with E-state index in [0.29, 0.717) is 56.9 Å². The number of hydrogen-bond acceptors (Lipinski definition) is 12. The maximum Gasteiger partial charge on any atom is 0.329 e. The minimum atomic E-state index is -2.51. The summed E-state index contributed by atoms with van der Waals surface area (Å²) in [5.41, 5.74) is 1.61. The van der Waals surface area contributed by atoms with Gasteiger partial charge in [-0.3, -0.25) is 14.4 Å². The van der Waals surface area contributed by atoms with E-state index in [4.69, 9.17) is 23.7 Å². The molecule has 13 heteroatoms. The average molecular weight is 804 g/mol. The molecule has 3 aliphatic heterocycles. The predicted molar refractivity (Wildman–Crippen MR) is 213 cm³/mol. The molecule has 2 saturated heterocycles. The Morgan fingerprint density at radius 2 is 1.60 bits per heavy atom. The first kappa shape index (κ1) is 46.9. The molecule has 0 unspecified atom stereocenters. The van der Waals surface area contributed by atoms with Crippen LogP contribution in [0.25, 0.3) is 0 Å². The molecule has 4 aliphatic rings. The number of Topliss-reactive ketones (excluding diaryl/α,β-unsaturated/α-hetero) is 2. The number of nitrogens with zero attached hydrogens (tertiary/aromatic N) is 1. The molecule has 4 rings (SSSR count). The summed E-state index contributed by atoms with van der Waals surface area (Å²) in [4.78, 5) is 57.8. The van der Waals surface area contributed by atoms with Gasteiger partial charge < -0.3 is 43.9 Å². The zero-order valence-electron chi connectivity index (χ0n) is 35.4. The predicted octanol–water partition coefficient (Wildman–Crippen LogP) is 4.64. The van der Waals surface area contributed by atoms with E-state index in [1.165, 1.54) is 19.1 Å². The number of hydrogen-bond donors (Lipinski definition) is 3. The topological polar surface area (TPSA) is 178 Å². The van der Waals surface area contributed by atoms with Gasteiger partial charge in [0, 0.05) is 52.0 Å². The third kappa shape index (κ3) is 11.3. The number of aliphatic hydroxyl groups excluding tert-OH is 2. The van der Waals surface area contributed by atoms with E-state index >= 15 is 0 Å². The van der Waals surface area contributed by atoms with Gasteiger partial charge in [-0.15, -0.1) is 6.58 Å². The third-order valence-electron chi connectivity index (χ3n) is 12.9. The Balaban J connectivity index is 1.78. The summed E-state index contributed by atoms with van der Waals surface area (Å²) in [6.07, 6.45) is 4.93. The Morgan fingerprint density at radius 3 is 2.25 bits per heavy atom. The molecule has 14 atom stereocenters. The number of amides is 1. The first-order chi connectivity index (χ1) is 27.0. The second-order valence-corrected chi connectivity index (χ2v) is 17.3. The van der Waals surface area contributed by atoms with Crippen molar-refractivity contribution in [1.82, 2.24) is 4.90 Å². The summed E-state index contributed by atoms with van der Waals surface area (Å²) in [5.74, 6) is -7.76. The Morgan fingerprint density at radius 1 is 0.930 bits per heavy atom. The van der Waals surface area contributed by atoms with Crippen LogP contribution in [0.3, 0.4) is 0 Å². The highest BCUT2D eigenvalue weighted by molar-refractivity contribution is 6.39. The van der Waals surface area contributed by atoms with Crippen LogP contribution in [-0.4, -0.2) is 126 Å². The number of rotatable bonds is 7. The molecule has 13 nitrogen and oxygen atoms in total. The summed E-state index contributed by atoms with van der Waals surface area (Å²) in [7, 11) is 4.61. The summed E-state index contributed by atoms with van der Waals surface area (Å²) in [6.45, 7) is 13.1. The number of cyclic esters (lactones) is 1. The first-order valence-corrected chi connectivity index (χ1v) is 20.9. The second-order valence-electron chi connectivity index (χ2n) is 17.3. The smallest absolute Gasteiger partial charge is 0.329 e. The van der Waals surface area contributed by atoms with Crippen LogP contribution in [0.4, 0.5) is 0 Å². The van der Waals surface area contributed by atoms with Gasteiger partial charge in [-0.2, -0.15) is 0 Å². The molecule has 2 bridgehead atoms. The fraction of sp³-hybridized carbons (Fsp3) is 0.773. The quantitative estimate of drug-likeness (QED) is 0.185. The van der Waals surface area contributed by atoms with Crippen LogP contribution in [0.15, 0.2) is 36.0 Å². The Labute approximate surface area is 339 Å². The van der Waals surface area contributed by atoms with Crippen molar-refractivity contribution in [3.05, 3.63) is 36.0 Å².